The maximum Gasteiger partial charge on any atom is 0.146 e. The summed E-state index contributed by atoms with van der Waals surface area (Å²) < 4.78 is 10.9. The molecule has 0 aliphatic carbocycles. The highest BCUT2D eigenvalue weighted by atomic mass is 32.1. The minimum Gasteiger partial charge on any atom is -0.379 e. The average Bonchev–Trinajstić information content (AvgIpc) is 2.97. The van der Waals surface area contributed by atoms with Gasteiger partial charge in [0, 0.05) is 24.5 Å². The molecule has 27 heavy (non-hydrogen) atoms. The van der Waals surface area contributed by atoms with Crippen molar-refractivity contribution in [1.82, 2.24) is 14.9 Å². The number of nitrogens with zero attached hydrogens (tertiary/aromatic N) is 3. The highest BCUT2D eigenvalue weighted by Gasteiger charge is 2.17. The van der Waals surface area contributed by atoms with Crippen LogP contribution in [-0.2, 0) is 16.0 Å². The molecule has 0 atom stereocenters. The molecule has 4 heterocycles. The van der Waals surface area contributed by atoms with Crippen LogP contribution in [0.3, 0.4) is 0 Å². The summed E-state index contributed by atoms with van der Waals surface area (Å²) in [6.45, 7) is 11.1. The van der Waals surface area contributed by atoms with E-state index in [1.165, 1.54) is 21.4 Å². The minimum atomic E-state index is 0.750. The van der Waals surface area contributed by atoms with Crippen molar-refractivity contribution in [2.45, 2.75) is 33.2 Å². The normalized spacial score (nSPS) is 18.7. The zero-order chi connectivity index (χ0) is 18.6. The van der Waals surface area contributed by atoms with Crippen LogP contribution in [-0.4, -0.2) is 60.9 Å². The summed E-state index contributed by atoms with van der Waals surface area (Å²) in [5.41, 5.74) is 2.77. The van der Waals surface area contributed by atoms with E-state index in [-0.39, 0.29) is 0 Å². The molecule has 0 spiro atoms. The summed E-state index contributed by atoms with van der Waals surface area (Å²) in [7, 11) is 0. The molecule has 6 nitrogen and oxygen atoms in total. The molecule has 2 aromatic rings. The Hall–Kier alpha value is -1.54. The molecular weight excluding hydrogens is 360 g/mol. The molecule has 2 aromatic heterocycles. The van der Waals surface area contributed by atoms with Crippen molar-refractivity contribution < 1.29 is 9.47 Å². The van der Waals surface area contributed by atoms with Crippen LogP contribution >= 0.6 is 11.3 Å². The first-order valence-electron chi connectivity index (χ1n) is 9.77. The van der Waals surface area contributed by atoms with Crippen LogP contribution in [0.5, 0.6) is 0 Å². The Bertz CT molecular complexity index is 827. The summed E-state index contributed by atoms with van der Waals surface area (Å²) in [5.74, 6) is 1.89. The van der Waals surface area contributed by atoms with Crippen molar-refractivity contribution in [2.75, 3.05) is 51.4 Å². The van der Waals surface area contributed by atoms with Gasteiger partial charge >= 0.3 is 0 Å². The summed E-state index contributed by atoms with van der Waals surface area (Å²) in [6, 6.07) is 0. The molecule has 2 aliphatic heterocycles. The number of hydrogen-bond donors (Lipinski definition) is 1. The van der Waals surface area contributed by atoms with E-state index in [0.29, 0.717) is 0 Å². The van der Waals surface area contributed by atoms with Crippen LogP contribution in [0, 0.1) is 13.8 Å². The molecule has 2 aliphatic rings. The topological polar surface area (TPSA) is 59.5 Å². The smallest absolute Gasteiger partial charge is 0.146 e. The van der Waals surface area contributed by atoms with E-state index in [2.05, 4.69) is 30.1 Å². The Labute approximate surface area is 164 Å². The SMILES string of the molecule is Cc1sc2nc(CN3CCOCC3)nc(NCCC3=CCOCC3)c2c1C. The van der Waals surface area contributed by atoms with Crippen LogP contribution in [0.4, 0.5) is 5.82 Å². The van der Waals surface area contributed by atoms with Gasteiger partial charge in [-0.15, -0.1) is 11.3 Å². The lowest BCUT2D eigenvalue weighted by atomic mass is 10.1. The van der Waals surface area contributed by atoms with Crippen LogP contribution in [0.1, 0.15) is 29.1 Å². The minimum absolute atomic E-state index is 0.750. The van der Waals surface area contributed by atoms with Crippen molar-refractivity contribution in [3.05, 3.63) is 27.9 Å². The molecule has 0 saturated carbocycles. The number of aromatic nitrogens is 2. The summed E-state index contributed by atoms with van der Waals surface area (Å²) in [6.07, 6.45) is 4.29. The van der Waals surface area contributed by atoms with E-state index in [0.717, 1.165) is 81.9 Å². The van der Waals surface area contributed by atoms with Gasteiger partial charge in [0.15, 0.2) is 0 Å². The zero-order valence-corrected chi connectivity index (χ0v) is 17.0. The number of thiophene rings is 1. The van der Waals surface area contributed by atoms with E-state index in [1.807, 2.05) is 0 Å². The lowest BCUT2D eigenvalue weighted by molar-refractivity contribution is 0.0331. The summed E-state index contributed by atoms with van der Waals surface area (Å²) >= 11 is 1.77. The van der Waals surface area contributed by atoms with Gasteiger partial charge in [0.25, 0.3) is 0 Å². The molecule has 1 N–H and O–H groups in total. The Morgan fingerprint density at radius 2 is 2.00 bits per heavy atom. The summed E-state index contributed by atoms with van der Waals surface area (Å²) in [5, 5.41) is 4.78. The third kappa shape index (κ3) is 4.48. The van der Waals surface area contributed by atoms with Gasteiger partial charge in [-0.1, -0.05) is 11.6 Å². The molecule has 0 unspecified atom stereocenters. The largest absolute Gasteiger partial charge is 0.379 e. The molecule has 0 amide bonds. The fraction of sp³-hybridized carbons (Fsp3) is 0.600. The van der Waals surface area contributed by atoms with Crippen LogP contribution in [0.2, 0.25) is 0 Å². The fourth-order valence-corrected chi connectivity index (χ4v) is 4.63. The molecular formula is C20H28N4O2S. The van der Waals surface area contributed by atoms with E-state index in [4.69, 9.17) is 19.4 Å². The maximum atomic E-state index is 5.45. The molecule has 1 fully saturated rings. The molecule has 146 valence electrons. The Morgan fingerprint density at radius 1 is 1.15 bits per heavy atom. The van der Waals surface area contributed by atoms with Crippen LogP contribution < -0.4 is 5.32 Å². The predicted molar refractivity (Wildman–Crippen MR) is 110 cm³/mol. The lowest BCUT2D eigenvalue weighted by Crippen LogP contribution is -2.36. The van der Waals surface area contributed by atoms with E-state index in [1.54, 1.807) is 11.3 Å². The molecule has 7 heteroatoms. The van der Waals surface area contributed by atoms with Crippen molar-refractivity contribution in [3.63, 3.8) is 0 Å². The van der Waals surface area contributed by atoms with Crippen LogP contribution in [0.15, 0.2) is 11.6 Å². The van der Waals surface area contributed by atoms with Gasteiger partial charge < -0.3 is 14.8 Å². The summed E-state index contributed by atoms with van der Waals surface area (Å²) in [4.78, 5) is 14.6. The number of fused-ring (bicyclic) bond motifs is 1. The van der Waals surface area contributed by atoms with Crippen molar-refractivity contribution in [2.24, 2.45) is 0 Å². The Balaban J connectivity index is 1.53. The van der Waals surface area contributed by atoms with E-state index >= 15 is 0 Å². The second-order valence-electron chi connectivity index (χ2n) is 7.20. The van der Waals surface area contributed by atoms with Crippen molar-refractivity contribution in [1.29, 1.82) is 0 Å². The fourth-order valence-electron chi connectivity index (χ4n) is 3.59. The number of hydrogen-bond acceptors (Lipinski definition) is 7. The Morgan fingerprint density at radius 3 is 2.78 bits per heavy atom. The van der Waals surface area contributed by atoms with E-state index in [9.17, 15) is 0 Å². The number of nitrogens with one attached hydrogen (secondary N) is 1. The number of morpholine rings is 1. The van der Waals surface area contributed by atoms with Crippen LogP contribution in [0.25, 0.3) is 10.2 Å². The average molecular weight is 389 g/mol. The molecule has 0 radical (unpaired) electrons. The second kappa shape index (κ2) is 8.65. The number of anilines is 1. The van der Waals surface area contributed by atoms with Gasteiger partial charge in [-0.2, -0.15) is 0 Å². The third-order valence-corrected chi connectivity index (χ3v) is 6.44. The third-order valence-electron chi connectivity index (χ3n) is 5.34. The molecule has 1 saturated heterocycles. The van der Waals surface area contributed by atoms with Gasteiger partial charge in [0.2, 0.25) is 0 Å². The number of aryl methyl sites for hydroxylation is 2. The number of rotatable bonds is 6. The lowest BCUT2D eigenvalue weighted by Gasteiger charge is -2.25. The highest BCUT2D eigenvalue weighted by molar-refractivity contribution is 7.18. The first kappa shape index (κ1) is 18.8. The molecule has 0 aromatic carbocycles. The highest BCUT2D eigenvalue weighted by Crippen LogP contribution is 2.33. The van der Waals surface area contributed by atoms with Gasteiger partial charge in [0.1, 0.15) is 16.5 Å². The first-order valence-corrected chi connectivity index (χ1v) is 10.6. The molecule has 4 rings (SSSR count). The molecule has 0 bridgehead atoms. The zero-order valence-electron chi connectivity index (χ0n) is 16.2. The standard InChI is InChI=1S/C20H28N4O2S/c1-14-15(2)27-20-18(14)19(21-6-3-16-4-9-25-10-5-16)22-17(23-20)13-24-7-11-26-12-8-24/h4H,3,5-13H2,1-2H3,(H,21,22,23). The van der Waals surface area contributed by atoms with Crippen molar-refractivity contribution >= 4 is 27.4 Å². The monoisotopic (exact) mass is 388 g/mol. The predicted octanol–water partition coefficient (Wildman–Crippen LogP) is 3.29. The van der Waals surface area contributed by atoms with E-state index < -0.39 is 0 Å². The number of ether oxygens (including phenoxy) is 2. The van der Waals surface area contributed by atoms with Gasteiger partial charge in [-0.3, -0.25) is 4.90 Å². The van der Waals surface area contributed by atoms with Gasteiger partial charge in [-0.05, 0) is 32.3 Å². The quantitative estimate of drug-likeness (QED) is 0.767. The van der Waals surface area contributed by atoms with Crippen molar-refractivity contribution in [3.8, 4) is 0 Å². The van der Waals surface area contributed by atoms with Gasteiger partial charge in [-0.25, -0.2) is 9.97 Å². The maximum absolute atomic E-state index is 5.45. The Kier molecular flexibility index (Phi) is 6.02. The van der Waals surface area contributed by atoms with Gasteiger partial charge in [0.05, 0.1) is 38.4 Å². The first-order chi connectivity index (χ1) is 13.2. The second-order valence-corrected chi connectivity index (χ2v) is 8.41.